The van der Waals surface area contributed by atoms with E-state index >= 15 is 0 Å². The zero-order chi connectivity index (χ0) is 17.5. The van der Waals surface area contributed by atoms with Gasteiger partial charge in [0.2, 0.25) is 20.0 Å². The molecule has 8 nitrogen and oxygen atoms in total. The van der Waals surface area contributed by atoms with Crippen LogP contribution in [0.2, 0.25) is 0 Å². The first-order valence-electron chi connectivity index (χ1n) is 6.80. The molecule has 1 aromatic rings. The third-order valence-corrected chi connectivity index (χ3v) is 7.23. The number of carboxylic acid groups (broad SMARTS) is 1. The second kappa shape index (κ2) is 5.86. The highest BCUT2D eigenvalue weighted by molar-refractivity contribution is 7.90. The van der Waals surface area contributed by atoms with E-state index in [1.807, 2.05) is 0 Å². The van der Waals surface area contributed by atoms with Crippen molar-refractivity contribution < 1.29 is 26.7 Å². The van der Waals surface area contributed by atoms with Gasteiger partial charge in [-0.1, -0.05) is 6.07 Å². The largest absolute Gasteiger partial charge is 0.481 e. The normalized spacial score (nSPS) is 23.0. The molecular weight excluding hydrogens is 344 g/mol. The molecule has 1 saturated heterocycles. The quantitative estimate of drug-likeness (QED) is 0.765. The molecule has 2 N–H and O–H groups in total. The highest BCUT2D eigenvalue weighted by atomic mass is 32.2. The molecule has 23 heavy (non-hydrogen) atoms. The molecule has 1 fully saturated rings. The van der Waals surface area contributed by atoms with Gasteiger partial charge in [-0.05, 0) is 38.6 Å². The van der Waals surface area contributed by atoms with Crippen molar-refractivity contribution in [2.75, 3.05) is 20.1 Å². The van der Waals surface area contributed by atoms with Crippen molar-refractivity contribution in [2.45, 2.75) is 23.1 Å². The summed E-state index contributed by atoms with van der Waals surface area (Å²) in [7, 11) is -6.49. The first-order chi connectivity index (χ1) is 10.5. The number of nitrogens with zero attached hydrogens (tertiary/aromatic N) is 1. The molecule has 10 heteroatoms. The third kappa shape index (κ3) is 3.25. The second-order valence-corrected chi connectivity index (χ2v) is 9.46. The monoisotopic (exact) mass is 362 g/mol. The fourth-order valence-corrected chi connectivity index (χ4v) is 4.83. The zero-order valence-corrected chi connectivity index (χ0v) is 14.3. The number of hydrogen-bond donors (Lipinski definition) is 2. The molecule has 0 bridgehead atoms. The molecule has 0 radical (unpaired) electrons. The molecule has 128 valence electrons. The van der Waals surface area contributed by atoms with E-state index in [-0.39, 0.29) is 29.3 Å². The van der Waals surface area contributed by atoms with Crippen LogP contribution in [0.15, 0.2) is 34.1 Å². The van der Waals surface area contributed by atoms with Crippen molar-refractivity contribution in [2.24, 2.45) is 5.41 Å². The van der Waals surface area contributed by atoms with Gasteiger partial charge in [-0.2, -0.15) is 4.31 Å². The fourth-order valence-electron chi connectivity index (χ4n) is 2.37. The van der Waals surface area contributed by atoms with Crippen LogP contribution in [0, 0.1) is 5.41 Å². The van der Waals surface area contributed by atoms with Gasteiger partial charge in [0.25, 0.3) is 0 Å². The lowest BCUT2D eigenvalue weighted by molar-refractivity contribution is -0.146. The lowest BCUT2D eigenvalue weighted by Crippen LogP contribution is -2.35. The van der Waals surface area contributed by atoms with E-state index < -0.39 is 31.4 Å². The van der Waals surface area contributed by atoms with Gasteiger partial charge in [-0.15, -0.1) is 0 Å². The SMILES string of the molecule is CNS(=O)(=O)c1cccc(S(=O)(=O)N2CCC(C)(C(=O)O)C2)c1. The van der Waals surface area contributed by atoms with Crippen molar-refractivity contribution in [1.29, 1.82) is 0 Å². The molecule has 1 atom stereocenters. The van der Waals surface area contributed by atoms with Crippen molar-refractivity contribution in [1.82, 2.24) is 9.03 Å². The summed E-state index contributed by atoms with van der Waals surface area (Å²) in [6.07, 6.45) is 0.204. The number of nitrogens with one attached hydrogen (secondary N) is 1. The zero-order valence-electron chi connectivity index (χ0n) is 12.7. The summed E-state index contributed by atoms with van der Waals surface area (Å²) >= 11 is 0. The molecule has 1 heterocycles. The minimum Gasteiger partial charge on any atom is -0.481 e. The Hall–Kier alpha value is -1.49. The molecule has 1 aromatic carbocycles. The Balaban J connectivity index is 2.39. The Bertz CT molecular complexity index is 834. The van der Waals surface area contributed by atoms with E-state index in [0.717, 1.165) is 10.4 Å². The highest BCUT2D eigenvalue weighted by Crippen LogP contribution is 2.34. The number of carbonyl (C=O) groups is 1. The van der Waals surface area contributed by atoms with Crippen LogP contribution in [-0.4, -0.2) is 52.4 Å². The average molecular weight is 362 g/mol. The number of sulfonamides is 2. The fraction of sp³-hybridized carbons (Fsp3) is 0.462. The number of hydrogen-bond acceptors (Lipinski definition) is 5. The Kier molecular flexibility index (Phi) is 4.55. The Labute approximate surface area is 135 Å². The van der Waals surface area contributed by atoms with Gasteiger partial charge in [0, 0.05) is 13.1 Å². The number of carboxylic acids is 1. The van der Waals surface area contributed by atoms with Crippen LogP contribution in [0.3, 0.4) is 0 Å². The summed E-state index contributed by atoms with van der Waals surface area (Å²) in [5, 5.41) is 9.20. The first kappa shape index (κ1) is 17.9. The summed E-state index contributed by atoms with van der Waals surface area (Å²) in [6.45, 7) is 1.43. The first-order valence-corrected chi connectivity index (χ1v) is 9.72. The van der Waals surface area contributed by atoms with Gasteiger partial charge < -0.3 is 5.11 Å². The van der Waals surface area contributed by atoms with Gasteiger partial charge in [0.1, 0.15) is 0 Å². The van der Waals surface area contributed by atoms with E-state index in [1.165, 1.54) is 32.2 Å². The molecule has 2 rings (SSSR count). The predicted molar refractivity (Wildman–Crippen MR) is 81.8 cm³/mol. The maximum atomic E-state index is 12.6. The van der Waals surface area contributed by atoms with Gasteiger partial charge >= 0.3 is 5.97 Å². The summed E-state index contributed by atoms with van der Waals surface area (Å²) in [6, 6.07) is 4.98. The molecule has 0 spiro atoms. The summed E-state index contributed by atoms with van der Waals surface area (Å²) < 4.78 is 52.0. The maximum Gasteiger partial charge on any atom is 0.310 e. The third-order valence-electron chi connectivity index (χ3n) is 3.98. The number of rotatable bonds is 5. The van der Waals surface area contributed by atoms with Crippen molar-refractivity contribution in [3.8, 4) is 0 Å². The minimum absolute atomic E-state index is 0.0775. The van der Waals surface area contributed by atoms with Crippen molar-refractivity contribution in [3.05, 3.63) is 24.3 Å². The van der Waals surface area contributed by atoms with E-state index in [0.29, 0.717) is 0 Å². The van der Waals surface area contributed by atoms with Crippen LogP contribution in [-0.2, 0) is 24.8 Å². The molecule has 0 aliphatic carbocycles. The van der Waals surface area contributed by atoms with Crippen LogP contribution in [0.25, 0.3) is 0 Å². The molecule has 1 aliphatic heterocycles. The lowest BCUT2D eigenvalue weighted by atomic mass is 9.90. The van der Waals surface area contributed by atoms with Crippen molar-refractivity contribution >= 4 is 26.0 Å². The molecule has 1 unspecified atom stereocenters. The molecule has 0 saturated carbocycles. The minimum atomic E-state index is -3.96. The van der Waals surface area contributed by atoms with Crippen LogP contribution in [0.5, 0.6) is 0 Å². The summed E-state index contributed by atoms with van der Waals surface area (Å²) in [5.41, 5.74) is -1.14. The summed E-state index contributed by atoms with van der Waals surface area (Å²) in [5.74, 6) is -1.05. The highest BCUT2D eigenvalue weighted by Gasteiger charge is 2.45. The number of aliphatic carboxylic acids is 1. The van der Waals surface area contributed by atoms with Gasteiger partial charge in [0.15, 0.2) is 0 Å². The standard InChI is InChI=1S/C13H18N2O6S2/c1-13(12(16)17)6-7-15(9-13)23(20,21)11-5-3-4-10(8-11)22(18,19)14-2/h3-5,8,14H,6-7,9H2,1-2H3,(H,16,17). The topological polar surface area (TPSA) is 121 Å². The van der Waals surface area contributed by atoms with Crippen LogP contribution in [0.1, 0.15) is 13.3 Å². The average Bonchev–Trinajstić information content (AvgIpc) is 2.92. The van der Waals surface area contributed by atoms with E-state index in [4.69, 9.17) is 0 Å². The smallest absolute Gasteiger partial charge is 0.310 e. The van der Waals surface area contributed by atoms with E-state index in [9.17, 15) is 26.7 Å². The van der Waals surface area contributed by atoms with Crippen LogP contribution < -0.4 is 4.72 Å². The van der Waals surface area contributed by atoms with Gasteiger partial charge in [0.05, 0.1) is 15.2 Å². The van der Waals surface area contributed by atoms with Gasteiger partial charge in [-0.3, -0.25) is 4.79 Å². The van der Waals surface area contributed by atoms with E-state index in [2.05, 4.69) is 4.72 Å². The lowest BCUT2D eigenvalue weighted by Gasteiger charge is -2.20. The van der Waals surface area contributed by atoms with Gasteiger partial charge in [-0.25, -0.2) is 21.6 Å². The predicted octanol–water partition coefficient (Wildman–Crippen LogP) is 0.0800. The van der Waals surface area contributed by atoms with Crippen LogP contribution >= 0.6 is 0 Å². The Morgan fingerprint density at radius 1 is 1.26 bits per heavy atom. The molecule has 0 amide bonds. The van der Waals surface area contributed by atoms with Crippen molar-refractivity contribution in [3.63, 3.8) is 0 Å². The van der Waals surface area contributed by atoms with E-state index in [1.54, 1.807) is 0 Å². The Morgan fingerprint density at radius 3 is 2.39 bits per heavy atom. The molecular formula is C13H18N2O6S2. The molecule has 0 aromatic heterocycles. The maximum absolute atomic E-state index is 12.6. The molecule has 1 aliphatic rings. The summed E-state index contributed by atoms with van der Waals surface area (Å²) in [4.78, 5) is 10.9. The number of benzene rings is 1. The second-order valence-electron chi connectivity index (χ2n) is 5.64. The van der Waals surface area contributed by atoms with Crippen LogP contribution in [0.4, 0.5) is 0 Å². The Morgan fingerprint density at radius 2 is 1.87 bits per heavy atom.